The van der Waals surface area contributed by atoms with Crippen molar-refractivity contribution in [2.45, 2.75) is 58.9 Å². The van der Waals surface area contributed by atoms with Crippen molar-refractivity contribution in [2.75, 3.05) is 6.54 Å². The third-order valence-corrected chi connectivity index (χ3v) is 3.59. The van der Waals surface area contributed by atoms with Crippen LogP contribution in [0, 0.1) is 5.41 Å². The van der Waals surface area contributed by atoms with Crippen LogP contribution in [-0.2, 0) is 0 Å². The molecule has 0 atom stereocenters. The lowest BCUT2D eigenvalue weighted by atomic mass is 9.80. The van der Waals surface area contributed by atoms with Crippen molar-refractivity contribution in [1.29, 1.82) is 0 Å². The van der Waals surface area contributed by atoms with Gasteiger partial charge >= 0.3 is 0 Å². The summed E-state index contributed by atoms with van der Waals surface area (Å²) in [7, 11) is 0. The van der Waals surface area contributed by atoms with Crippen molar-refractivity contribution in [3.8, 4) is 0 Å². The Hall–Kier alpha value is -0.0400. The normalized spacial score (nSPS) is 18.2. The monoisotopic (exact) mass is 169 g/mol. The van der Waals surface area contributed by atoms with Gasteiger partial charge in [-0.3, -0.25) is 0 Å². The summed E-state index contributed by atoms with van der Waals surface area (Å²) in [4.78, 5) is 0. The summed E-state index contributed by atoms with van der Waals surface area (Å²) < 4.78 is 0. The van der Waals surface area contributed by atoms with Gasteiger partial charge in [-0.1, -0.05) is 20.8 Å². The molecular formula is C11H23N. The highest BCUT2D eigenvalue weighted by Crippen LogP contribution is 2.30. The van der Waals surface area contributed by atoms with Crippen molar-refractivity contribution in [3.63, 3.8) is 0 Å². The first kappa shape index (κ1) is 10.0. The fraction of sp³-hybridized carbons (Fsp3) is 1.00. The summed E-state index contributed by atoms with van der Waals surface area (Å²) in [6.45, 7) is 8.20. The van der Waals surface area contributed by atoms with Crippen LogP contribution in [0.15, 0.2) is 0 Å². The van der Waals surface area contributed by atoms with Gasteiger partial charge in [-0.05, 0) is 37.5 Å². The quantitative estimate of drug-likeness (QED) is 0.644. The largest absolute Gasteiger partial charge is 0.313 e. The van der Waals surface area contributed by atoms with Gasteiger partial charge in [-0.25, -0.2) is 0 Å². The first-order valence-corrected chi connectivity index (χ1v) is 5.49. The average Bonchev–Trinajstić information content (AvgIpc) is 2.92. The van der Waals surface area contributed by atoms with Crippen LogP contribution in [0.3, 0.4) is 0 Å². The lowest BCUT2D eigenvalue weighted by Gasteiger charge is -2.30. The minimum absolute atomic E-state index is 0.586. The fourth-order valence-electron chi connectivity index (χ4n) is 1.77. The first-order valence-electron chi connectivity index (χ1n) is 5.49. The molecule has 12 heavy (non-hydrogen) atoms. The van der Waals surface area contributed by atoms with Crippen LogP contribution in [0.25, 0.3) is 0 Å². The second-order valence-electron chi connectivity index (χ2n) is 4.22. The van der Waals surface area contributed by atoms with Crippen LogP contribution in [-0.4, -0.2) is 12.6 Å². The van der Waals surface area contributed by atoms with Crippen LogP contribution in [0.1, 0.15) is 52.9 Å². The molecule has 0 radical (unpaired) electrons. The predicted molar refractivity (Wildman–Crippen MR) is 54.3 cm³/mol. The van der Waals surface area contributed by atoms with Gasteiger partial charge in [0, 0.05) is 12.6 Å². The summed E-state index contributed by atoms with van der Waals surface area (Å²) in [6, 6.07) is 0.869. The Morgan fingerprint density at radius 3 is 1.92 bits per heavy atom. The van der Waals surface area contributed by atoms with Crippen LogP contribution in [0.4, 0.5) is 0 Å². The molecule has 1 saturated carbocycles. The standard InChI is InChI=1S/C11H23N/c1-4-11(5-2,6-3)9-12-10-7-8-10/h10,12H,4-9H2,1-3H3. The van der Waals surface area contributed by atoms with Crippen LogP contribution in [0.2, 0.25) is 0 Å². The Morgan fingerprint density at radius 2 is 1.58 bits per heavy atom. The van der Waals surface area contributed by atoms with E-state index in [2.05, 4.69) is 26.1 Å². The molecule has 1 N–H and O–H groups in total. The van der Waals surface area contributed by atoms with Gasteiger partial charge in [-0.15, -0.1) is 0 Å². The van der Waals surface area contributed by atoms with Crippen LogP contribution in [0.5, 0.6) is 0 Å². The summed E-state index contributed by atoms with van der Waals surface area (Å²) in [6.07, 6.45) is 6.78. The van der Waals surface area contributed by atoms with Crippen molar-refractivity contribution < 1.29 is 0 Å². The van der Waals surface area contributed by atoms with Gasteiger partial charge in [-0.2, -0.15) is 0 Å². The molecule has 0 heterocycles. The molecule has 1 aliphatic rings. The van der Waals surface area contributed by atoms with E-state index in [1.54, 1.807) is 0 Å². The van der Waals surface area contributed by atoms with Crippen LogP contribution < -0.4 is 5.32 Å². The molecule has 0 spiro atoms. The highest BCUT2D eigenvalue weighted by atomic mass is 15.0. The zero-order valence-electron chi connectivity index (χ0n) is 8.82. The maximum Gasteiger partial charge on any atom is 0.00684 e. The molecule has 1 fully saturated rings. The zero-order valence-corrected chi connectivity index (χ0v) is 8.82. The van der Waals surface area contributed by atoms with Gasteiger partial charge in [0.2, 0.25) is 0 Å². The minimum Gasteiger partial charge on any atom is -0.313 e. The van der Waals surface area contributed by atoms with Gasteiger partial charge in [0.25, 0.3) is 0 Å². The second-order valence-corrected chi connectivity index (χ2v) is 4.22. The summed E-state index contributed by atoms with van der Waals surface area (Å²) in [5, 5.41) is 3.65. The third-order valence-electron chi connectivity index (χ3n) is 3.59. The van der Waals surface area contributed by atoms with Crippen molar-refractivity contribution in [3.05, 3.63) is 0 Å². The van der Waals surface area contributed by atoms with Crippen molar-refractivity contribution in [1.82, 2.24) is 5.32 Å². The lowest BCUT2D eigenvalue weighted by Crippen LogP contribution is -2.34. The molecular weight excluding hydrogens is 146 g/mol. The number of rotatable bonds is 6. The van der Waals surface area contributed by atoms with E-state index in [1.165, 1.54) is 38.6 Å². The maximum atomic E-state index is 3.65. The Balaban J connectivity index is 2.28. The summed E-state index contributed by atoms with van der Waals surface area (Å²) in [5.41, 5.74) is 0.586. The van der Waals surface area contributed by atoms with Crippen molar-refractivity contribution >= 4 is 0 Å². The average molecular weight is 169 g/mol. The predicted octanol–water partition coefficient (Wildman–Crippen LogP) is 2.95. The van der Waals surface area contributed by atoms with E-state index in [0.717, 1.165) is 6.04 Å². The lowest BCUT2D eigenvalue weighted by molar-refractivity contribution is 0.237. The maximum absolute atomic E-state index is 3.65. The molecule has 0 unspecified atom stereocenters. The molecule has 72 valence electrons. The van der Waals surface area contributed by atoms with E-state index in [4.69, 9.17) is 0 Å². The molecule has 1 rings (SSSR count). The molecule has 1 aliphatic carbocycles. The zero-order chi connectivity index (χ0) is 9.03. The van der Waals surface area contributed by atoms with Crippen molar-refractivity contribution in [2.24, 2.45) is 5.41 Å². The first-order chi connectivity index (χ1) is 5.76. The summed E-state index contributed by atoms with van der Waals surface area (Å²) in [5.74, 6) is 0. The third kappa shape index (κ3) is 2.48. The number of hydrogen-bond acceptors (Lipinski definition) is 1. The SMILES string of the molecule is CCC(CC)(CC)CNC1CC1. The second kappa shape index (κ2) is 4.27. The van der Waals surface area contributed by atoms with E-state index < -0.39 is 0 Å². The fourth-order valence-corrected chi connectivity index (χ4v) is 1.77. The van der Waals surface area contributed by atoms with E-state index in [1.807, 2.05) is 0 Å². The molecule has 1 heteroatoms. The molecule has 0 aliphatic heterocycles. The Bertz CT molecular complexity index is 115. The molecule has 0 aromatic rings. The summed E-state index contributed by atoms with van der Waals surface area (Å²) >= 11 is 0. The highest BCUT2D eigenvalue weighted by Gasteiger charge is 2.27. The molecule has 0 saturated heterocycles. The molecule has 1 nitrogen and oxygen atoms in total. The van der Waals surface area contributed by atoms with Gasteiger partial charge < -0.3 is 5.32 Å². The molecule has 0 aromatic heterocycles. The molecule has 0 amide bonds. The minimum atomic E-state index is 0.586. The van der Waals surface area contributed by atoms with E-state index in [-0.39, 0.29) is 0 Å². The van der Waals surface area contributed by atoms with Gasteiger partial charge in [0.05, 0.1) is 0 Å². The van der Waals surface area contributed by atoms with E-state index in [9.17, 15) is 0 Å². The number of hydrogen-bond donors (Lipinski definition) is 1. The Morgan fingerprint density at radius 1 is 1.08 bits per heavy atom. The molecule has 0 aromatic carbocycles. The Kier molecular flexibility index (Phi) is 3.57. The van der Waals surface area contributed by atoms with E-state index >= 15 is 0 Å². The molecule has 0 bridgehead atoms. The van der Waals surface area contributed by atoms with E-state index in [0.29, 0.717) is 5.41 Å². The van der Waals surface area contributed by atoms with Crippen LogP contribution >= 0.6 is 0 Å². The smallest absolute Gasteiger partial charge is 0.00684 e. The highest BCUT2D eigenvalue weighted by molar-refractivity contribution is 4.85. The number of nitrogens with one attached hydrogen (secondary N) is 1. The van der Waals surface area contributed by atoms with Gasteiger partial charge in [0.1, 0.15) is 0 Å². The topological polar surface area (TPSA) is 12.0 Å². The Labute approximate surface area is 76.9 Å². The van der Waals surface area contributed by atoms with Gasteiger partial charge in [0.15, 0.2) is 0 Å².